The first-order chi connectivity index (χ1) is 23.1. The second kappa shape index (κ2) is 11.7. The Hall–Kier alpha value is -3.71. The first kappa shape index (κ1) is 31.6. The summed E-state index contributed by atoms with van der Waals surface area (Å²) in [6.45, 7) is 1.31. The van der Waals surface area contributed by atoms with Gasteiger partial charge in [-0.1, -0.05) is 17.7 Å². The molecule has 0 radical (unpaired) electrons. The molecule has 16 heteroatoms. The van der Waals surface area contributed by atoms with E-state index in [1.165, 1.54) is 11.0 Å². The Morgan fingerprint density at radius 3 is 2.79 bits per heavy atom. The van der Waals surface area contributed by atoms with Gasteiger partial charge in [0.05, 0.1) is 38.8 Å². The maximum Gasteiger partial charge on any atom is 0.319 e. The van der Waals surface area contributed by atoms with E-state index >= 15 is 4.39 Å². The molecule has 0 amide bonds. The Morgan fingerprint density at radius 2 is 2.06 bits per heavy atom. The van der Waals surface area contributed by atoms with Crippen molar-refractivity contribution < 1.29 is 31.4 Å². The number of anilines is 2. The van der Waals surface area contributed by atoms with E-state index < -0.39 is 42.4 Å². The van der Waals surface area contributed by atoms with Crippen LogP contribution in [0.15, 0.2) is 12.1 Å². The lowest BCUT2D eigenvalue weighted by atomic mass is 9.93. The van der Waals surface area contributed by atoms with Gasteiger partial charge in [0.1, 0.15) is 47.6 Å². The molecule has 4 aliphatic rings. The fourth-order valence-electron chi connectivity index (χ4n) is 7.80. The van der Waals surface area contributed by atoms with Gasteiger partial charge < -0.3 is 25.4 Å². The third-order valence-electron chi connectivity index (χ3n) is 10.1. The van der Waals surface area contributed by atoms with E-state index in [0.29, 0.717) is 26.1 Å². The van der Waals surface area contributed by atoms with Crippen LogP contribution in [-0.4, -0.2) is 85.0 Å². The molecule has 0 spiro atoms. The van der Waals surface area contributed by atoms with E-state index in [-0.39, 0.29) is 97.4 Å². The van der Waals surface area contributed by atoms with Crippen LogP contribution >= 0.6 is 22.9 Å². The van der Waals surface area contributed by atoms with Crippen molar-refractivity contribution in [3.63, 3.8) is 0 Å². The number of rotatable bonds is 7. The van der Waals surface area contributed by atoms with Crippen molar-refractivity contribution >= 4 is 54.7 Å². The minimum Gasteiger partial charge on any atom is -0.489 e. The number of thiophene rings is 1. The van der Waals surface area contributed by atoms with E-state index in [4.69, 9.17) is 26.8 Å². The summed E-state index contributed by atoms with van der Waals surface area (Å²) in [6.07, 6.45) is -1.98. The van der Waals surface area contributed by atoms with Crippen LogP contribution in [0.1, 0.15) is 24.8 Å². The van der Waals surface area contributed by atoms with Crippen LogP contribution < -0.4 is 25.4 Å². The summed E-state index contributed by atoms with van der Waals surface area (Å²) in [5, 5.41) is 13.0. The molecule has 4 aliphatic heterocycles. The van der Waals surface area contributed by atoms with Gasteiger partial charge in [-0.15, -0.1) is 11.3 Å². The Bertz CT molecular complexity index is 2010. The summed E-state index contributed by atoms with van der Waals surface area (Å²) < 4.78 is 87.5. The number of ether oxygens (including phenoxy) is 2. The number of nitrogens with zero attached hydrogens (tertiary/aromatic N) is 5. The van der Waals surface area contributed by atoms with Gasteiger partial charge in [0, 0.05) is 42.9 Å². The summed E-state index contributed by atoms with van der Waals surface area (Å²) in [5.41, 5.74) is 4.98. The highest BCUT2D eigenvalue weighted by Gasteiger charge is 2.49. The summed E-state index contributed by atoms with van der Waals surface area (Å²) >= 11 is 7.81. The summed E-state index contributed by atoms with van der Waals surface area (Å²) in [6, 6.07) is 3.55. The lowest BCUT2D eigenvalue weighted by Crippen LogP contribution is -2.57. The molecule has 3 fully saturated rings. The third-order valence-corrected chi connectivity index (χ3v) is 11.5. The second-order valence-corrected chi connectivity index (χ2v) is 14.3. The van der Waals surface area contributed by atoms with Crippen molar-refractivity contribution in [2.24, 2.45) is 5.92 Å². The fourth-order valence-corrected chi connectivity index (χ4v) is 9.08. The van der Waals surface area contributed by atoms with E-state index in [2.05, 4.69) is 15.3 Å². The van der Waals surface area contributed by atoms with Crippen LogP contribution in [0.4, 0.5) is 32.8 Å². The number of hydrogen-bond donors (Lipinski definition) is 2. The number of halogens is 6. The number of nitriles is 1. The summed E-state index contributed by atoms with van der Waals surface area (Å²) in [7, 11) is 0. The van der Waals surface area contributed by atoms with Crippen LogP contribution in [0.5, 0.6) is 11.8 Å². The topological polar surface area (TPSA) is 113 Å². The highest BCUT2D eigenvalue weighted by Crippen LogP contribution is 2.51. The average Bonchev–Trinajstić information content (AvgIpc) is 3.64. The molecule has 252 valence electrons. The lowest BCUT2D eigenvalue weighted by Gasteiger charge is -2.40. The highest BCUT2D eigenvalue weighted by molar-refractivity contribution is 7.23. The number of nitrogens with one attached hydrogen (secondary N) is 1. The summed E-state index contributed by atoms with van der Waals surface area (Å²) in [4.78, 5) is 12.5. The number of fused-ring (bicyclic) bond motifs is 2. The van der Waals surface area contributed by atoms with Crippen molar-refractivity contribution in [2.45, 2.75) is 43.4 Å². The van der Waals surface area contributed by atoms with Crippen molar-refractivity contribution in [1.82, 2.24) is 20.2 Å². The van der Waals surface area contributed by atoms with Crippen LogP contribution in [0.3, 0.4) is 0 Å². The van der Waals surface area contributed by atoms with Crippen LogP contribution in [0.25, 0.3) is 32.1 Å². The molecule has 2 aromatic heterocycles. The van der Waals surface area contributed by atoms with E-state index in [1.807, 2.05) is 11.0 Å². The van der Waals surface area contributed by atoms with Gasteiger partial charge in [0.25, 0.3) is 6.43 Å². The first-order valence-corrected chi connectivity index (χ1v) is 16.8. The zero-order valence-corrected chi connectivity index (χ0v) is 26.9. The fraction of sp³-hybridized carbons (Fsp3) is 0.469. The lowest BCUT2D eigenvalue weighted by molar-refractivity contribution is 0.107. The normalized spacial score (nSPS) is 24.2. The molecule has 3 saturated heterocycles. The number of aromatic nitrogens is 2. The van der Waals surface area contributed by atoms with Gasteiger partial charge in [0.15, 0.2) is 11.6 Å². The van der Waals surface area contributed by atoms with Crippen LogP contribution in [0.2, 0.25) is 5.02 Å². The molecule has 0 saturated carbocycles. The maximum atomic E-state index is 17.1. The van der Waals surface area contributed by atoms with E-state index in [9.17, 15) is 22.8 Å². The third kappa shape index (κ3) is 4.82. The van der Waals surface area contributed by atoms with Crippen LogP contribution in [-0.2, 0) is 0 Å². The molecule has 8 rings (SSSR count). The number of nitrogens with two attached hydrogens (primary N) is 1. The second-order valence-electron chi connectivity index (χ2n) is 12.8. The van der Waals surface area contributed by atoms with Gasteiger partial charge in [-0.3, -0.25) is 4.90 Å². The predicted octanol–water partition coefficient (Wildman–Crippen LogP) is 5.90. The molecular formula is C32H29ClF5N7O2S. The Balaban J connectivity index is 1.36. The molecule has 48 heavy (non-hydrogen) atoms. The number of hydrogen-bond acceptors (Lipinski definition) is 10. The highest BCUT2D eigenvalue weighted by atomic mass is 35.5. The van der Waals surface area contributed by atoms with Gasteiger partial charge in [0.2, 0.25) is 0 Å². The minimum absolute atomic E-state index is 0.0157. The molecule has 6 heterocycles. The largest absolute Gasteiger partial charge is 0.489 e. The van der Waals surface area contributed by atoms with Gasteiger partial charge in [-0.05, 0) is 31.0 Å². The zero-order chi connectivity index (χ0) is 33.5. The summed E-state index contributed by atoms with van der Waals surface area (Å²) in [5.74, 6) is -1.77. The van der Waals surface area contributed by atoms with Crippen molar-refractivity contribution in [1.29, 1.82) is 5.26 Å². The predicted molar refractivity (Wildman–Crippen MR) is 172 cm³/mol. The minimum atomic E-state index is -2.78. The monoisotopic (exact) mass is 705 g/mol. The average molecular weight is 706 g/mol. The molecule has 0 aliphatic carbocycles. The maximum absolute atomic E-state index is 17.1. The van der Waals surface area contributed by atoms with Crippen molar-refractivity contribution in [2.75, 3.05) is 56.6 Å². The molecule has 1 unspecified atom stereocenters. The van der Waals surface area contributed by atoms with Crippen LogP contribution in [0, 0.1) is 28.9 Å². The molecule has 4 aromatic rings. The Labute approximate surface area is 280 Å². The molecule has 2 aromatic carbocycles. The Morgan fingerprint density at radius 1 is 1.25 bits per heavy atom. The number of benzene rings is 2. The molecule has 3 N–H and O–H groups in total. The number of nitrogen functional groups attached to an aromatic ring is 1. The van der Waals surface area contributed by atoms with Gasteiger partial charge >= 0.3 is 6.01 Å². The SMILES string of the molecule is N#Cc1c(N)sc2c(F)ccc(-c3c(Cl)c4c5c(nc(OC[C@@]67CCCN6C[C@H](F)C7)nc5c3F)N(CC(F)F)C(C3CNC3)CO4)c12. The standard InChI is InChI=1S/C32H29ClF5N7O2S/c33-24-22(16-2-3-18(35)28-21(16)17(7-39)29(40)48-28)25(38)26-23-27(24)46-12-19(14-8-41-9-14)45(11-20(36)37)30(23)43-31(42-26)47-13-32-4-1-5-44(32)10-15(34)6-32/h2-3,14-15,19-20,41H,1,4-6,8-13,40H2/t15-,19?,32+/m1/s1. The van der Waals surface area contributed by atoms with Gasteiger partial charge in [-0.2, -0.15) is 15.2 Å². The van der Waals surface area contributed by atoms with E-state index in [0.717, 1.165) is 23.8 Å². The molecule has 0 bridgehead atoms. The molecule has 3 atom stereocenters. The molecular weight excluding hydrogens is 677 g/mol. The first-order valence-electron chi connectivity index (χ1n) is 15.6. The van der Waals surface area contributed by atoms with E-state index in [1.54, 1.807) is 0 Å². The number of alkyl halides is 3. The zero-order valence-electron chi connectivity index (χ0n) is 25.3. The Kier molecular flexibility index (Phi) is 7.70. The quantitative estimate of drug-likeness (QED) is 0.227. The van der Waals surface area contributed by atoms with Gasteiger partial charge in [-0.25, -0.2) is 22.0 Å². The smallest absolute Gasteiger partial charge is 0.319 e. The van der Waals surface area contributed by atoms with Crippen molar-refractivity contribution in [3.05, 3.63) is 34.4 Å². The molecule has 9 nitrogen and oxygen atoms in total. The van der Waals surface area contributed by atoms with Crippen molar-refractivity contribution in [3.8, 4) is 29.0 Å².